The standard InChI is InChI=1S/C20H20FN3O2/c1-23-17-11-13(19(25)22-12-14-5-2-3-6-16(14)21)8-9-15(17)20(26)24-10-4-7-18(23)24/h2-3,5-6,8-9,11,18H,4,7,10,12H2,1H3,(H,22,25). The summed E-state index contributed by atoms with van der Waals surface area (Å²) >= 11 is 0. The Kier molecular flexibility index (Phi) is 4.11. The molecule has 0 aromatic heterocycles. The molecule has 2 aromatic carbocycles. The number of carbonyl (C=O) groups excluding carboxylic acids is 2. The average molecular weight is 353 g/mol. The van der Waals surface area contributed by atoms with Gasteiger partial charge in [0, 0.05) is 31.3 Å². The average Bonchev–Trinajstić information content (AvgIpc) is 3.15. The van der Waals surface area contributed by atoms with Crippen LogP contribution < -0.4 is 10.2 Å². The second-order valence-corrected chi connectivity index (χ2v) is 6.74. The predicted octanol–water partition coefficient (Wildman–Crippen LogP) is 2.77. The molecule has 2 amide bonds. The van der Waals surface area contributed by atoms with Crippen molar-refractivity contribution in [3.63, 3.8) is 0 Å². The van der Waals surface area contributed by atoms with Gasteiger partial charge in [-0.3, -0.25) is 9.59 Å². The first-order valence-electron chi connectivity index (χ1n) is 8.76. The first-order chi connectivity index (χ1) is 12.6. The molecule has 134 valence electrons. The highest BCUT2D eigenvalue weighted by molar-refractivity contribution is 6.04. The largest absolute Gasteiger partial charge is 0.354 e. The molecule has 6 heteroatoms. The fourth-order valence-corrected chi connectivity index (χ4v) is 3.77. The van der Waals surface area contributed by atoms with Crippen molar-refractivity contribution in [1.82, 2.24) is 10.2 Å². The van der Waals surface area contributed by atoms with Crippen molar-refractivity contribution in [1.29, 1.82) is 0 Å². The maximum Gasteiger partial charge on any atom is 0.257 e. The molecule has 26 heavy (non-hydrogen) atoms. The SMILES string of the molecule is CN1c2cc(C(=O)NCc3ccccc3F)ccc2C(=O)N2CCCC21. The number of rotatable bonds is 3. The van der Waals surface area contributed by atoms with Gasteiger partial charge in [-0.1, -0.05) is 18.2 Å². The van der Waals surface area contributed by atoms with Crippen LogP contribution in [0, 0.1) is 5.82 Å². The molecule has 1 fully saturated rings. The van der Waals surface area contributed by atoms with Gasteiger partial charge in [0.2, 0.25) is 0 Å². The predicted molar refractivity (Wildman–Crippen MR) is 96.5 cm³/mol. The molecule has 0 saturated carbocycles. The van der Waals surface area contributed by atoms with E-state index in [0.717, 1.165) is 25.1 Å². The van der Waals surface area contributed by atoms with E-state index in [-0.39, 0.29) is 30.3 Å². The zero-order valence-electron chi connectivity index (χ0n) is 14.5. The van der Waals surface area contributed by atoms with E-state index in [4.69, 9.17) is 0 Å². The van der Waals surface area contributed by atoms with Crippen molar-refractivity contribution in [3.8, 4) is 0 Å². The third-order valence-electron chi connectivity index (χ3n) is 5.20. The molecule has 1 atom stereocenters. The van der Waals surface area contributed by atoms with Crippen molar-refractivity contribution >= 4 is 17.5 Å². The lowest BCUT2D eigenvalue weighted by Gasteiger charge is -2.40. The van der Waals surface area contributed by atoms with Gasteiger partial charge in [0.15, 0.2) is 0 Å². The van der Waals surface area contributed by atoms with Crippen molar-refractivity contribution in [2.24, 2.45) is 0 Å². The van der Waals surface area contributed by atoms with Crippen LogP contribution in [-0.4, -0.2) is 36.5 Å². The van der Waals surface area contributed by atoms with Gasteiger partial charge in [-0.2, -0.15) is 0 Å². The quantitative estimate of drug-likeness (QED) is 0.923. The molecule has 1 N–H and O–H groups in total. The first-order valence-corrected chi connectivity index (χ1v) is 8.76. The Morgan fingerprint density at radius 3 is 2.88 bits per heavy atom. The van der Waals surface area contributed by atoms with Gasteiger partial charge < -0.3 is 15.1 Å². The summed E-state index contributed by atoms with van der Waals surface area (Å²) in [6.45, 7) is 0.895. The fourth-order valence-electron chi connectivity index (χ4n) is 3.77. The number of benzene rings is 2. The highest BCUT2D eigenvalue weighted by Gasteiger charge is 2.38. The molecule has 2 aliphatic heterocycles. The highest BCUT2D eigenvalue weighted by Crippen LogP contribution is 2.35. The van der Waals surface area contributed by atoms with E-state index in [9.17, 15) is 14.0 Å². The molecule has 5 nitrogen and oxygen atoms in total. The number of hydrogen-bond acceptors (Lipinski definition) is 3. The molecule has 0 spiro atoms. The molecule has 0 aliphatic carbocycles. The summed E-state index contributed by atoms with van der Waals surface area (Å²) in [6, 6.07) is 11.5. The van der Waals surface area contributed by atoms with E-state index >= 15 is 0 Å². The molecule has 2 aromatic rings. The minimum atomic E-state index is -0.343. The van der Waals surface area contributed by atoms with Crippen molar-refractivity contribution in [3.05, 3.63) is 65.0 Å². The van der Waals surface area contributed by atoms with Crippen LogP contribution in [0.25, 0.3) is 0 Å². The van der Waals surface area contributed by atoms with Gasteiger partial charge in [-0.05, 0) is 37.1 Å². The Bertz CT molecular complexity index is 883. The van der Waals surface area contributed by atoms with Gasteiger partial charge in [0.1, 0.15) is 12.0 Å². The second-order valence-electron chi connectivity index (χ2n) is 6.74. The van der Waals surface area contributed by atoms with Crippen LogP contribution in [0.15, 0.2) is 42.5 Å². The maximum absolute atomic E-state index is 13.7. The summed E-state index contributed by atoms with van der Waals surface area (Å²) in [5.74, 6) is -0.602. The third kappa shape index (κ3) is 2.71. The van der Waals surface area contributed by atoms with E-state index in [2.05, 4.69) is 10.2 Å². The van der Waals surface area contributed by atoms with Crippen molar-refractivity contribution in [2.75, 3.05) is 18.5 Å². The number of nitrogens with one attached hydrogen (secondary N) is 1. The molecule has 1 unspecified atom stereocenters. The lowest BCUT2D eigenvalue weighted by atomic mass is 10.0. The van der Waals surface area contributed by atoms with Crippen LogP contribution >= 0.6 is 0 Å². The molecule has 0 bridgehead atoms. The molecular formula is C20H20FN3O2. The molecule has 2 aliphatic rings. The van der Waals surface area contributed by atoms with E-state index < -0.39 is 0 Å². The number of hydrogen-bond donors (Lipinski definition) is 1. The van der Waals surface area contributed by atoms with Crippen LogP contribution in [-0.2, 0) is 6.54 Å². The smallest absolute Gasteiger partial charge is 0.257 e. The Hall–Kier alpha value is -2.89. The lowest BCUT2D eigenvalue weighted by molar-refractivity contribution is 0.0719. The number of anilines is 1. The van der Waals surface area contributed by atoms with Crippen LogP contribution in [0.1, 0.15) is 39.1 Å². The van der Waals surface area contributed by atoms with E-state index in [1.807, 2.05) is 11.9 Å². The van der Waals surface area contributed by atoms with E-state index in [1.54, 1.807) is 36.4 Å². The van der Waals surface area contributed by atoms with Gasteiger partial charge >= 0.3 is 0 Å². The fraction of sp³-hybridized carbons (Fsp3) is 0.300. The molecule has 1 saturated heterocycles. The number of nitrogens with zero attached hydrogens (tertiary/aromatic N) is 2. The zero-order valence-corrected chi connectivity index (χ0v) is 14.5. The zero-order chi connectivity index (χ0) is 18.3. The summed E-state index contributed by atoms with van der Waals surface area (Å²) in [4.78, 5) is 29.1. The monoisotopic (exact) mass is 353 g/mol. The van der Waals surface area contributed by atoms with Gasteiger partial charge in [0.05, 0.1) is 11.3 Å². The van der Waals surface area contributed by atoms with Gasteiger partial charge in [0.25, 0.3) is 11.8 Å². The normalized spacial score (nSPS) is 18.5. The van der Waals surface area contributed by atoms with Crippen LogP contribution in [0.4, 0.5) is 10.1 Å². The summed E-state index contributed by atoms with van der Waals surface area (Å²) in [6.07, 6.45) is 1.99. The molecular weight excluding hydrogens is 333 g/mol. The van der Waals surface area contributed by atoms with E-state index in [0.29, 0.717) is 16.7 Å². The molecule has 2 heterocycles. The number of amides is 2. The Morgan fingerprint density at radius 1 is 1.27 bits per heavy atom. The summed E-state index contributed by atoms with van der Waals surface area (Å²) < 4.78 is 13.7. The Balaban J connectivity index is 1.55. The second kappa shape index (κ2) is 6.44. The lowest BCUT2D eigenvalue weighted by Crippen LogP contribution is -2.50. The highest BCUT2D eigenvalue weighted by atomic mass is 19.1. The summed E-state index contributed by atoms with van der Waals surface area (Å²) in [7, 11) is 1.95. The van der Waals surface area contributed by atoms with Crippen molar-refractivity contribution in [2.45, 2.75) is 25.6 Å². The maximum atomic E-state index is 13.7. The van der Waals surface area contributed by atoms with Gasteiger partial charge in [-0.15, -0.1) is 0 Å². The Labute approximate surface area is 151 Å². The Morgan fingerprint density at radius 2 is 2.08 bits per heavy atom. The minimum Gasteiger partial charge on any atom is -0.354 e. The molecule has 4 rings (SSSR count). The topological polar surface area (TPSA) is 52.7 Å². The van der Waals surface area contributed by atoms with E-state index in [1.165, 1.54) is 6.07 Å². The van der Waals surface area contributed by atoms with Crippen LogP contribution in [0.3, 0.4) is 0 Å². The number of fused-ring (bicyclic) bond motifs is 2. The summed E-state index contributed by atoms with van der Waals surface area (Å²) in [5, 5.41) is 2.74. The third-order valence-corrected chi connectivity index (χ3v) is 5.20. The minimum absolute atomic E-state index is 0.0268. The van der Waals surface area contributed by atoms with Crippen LogP contribution in [0.5, 0.6) is 0 Å². The van der Waals surface area contributed by atoms with Crippen molar-refractivity contribution < 1.29 is 14.0 Å². The number of halogens is 1. The molecule has 0 radical (unpaired) electrons. The first kappa shape index (κ1) is 16.6. The summed E-state index contributed by atoms with van der Waals surface area (Å²) in [5.41, 5.74) is 2.30. The number of carbonyl (C=O) groups is 2. The van der Waals surface area contributed by atoms with Crippen LogP contribution in [0.2, 0.25) is 0 Å². The van der Waals surface area contributed by atoms with Gasteiger partial charge in [-0.25, -0.2) is 4.39 Å².